The number of nitrogens with zero attached hydrogens (tertiary/aromatic N) is 2. The van der Waals surface area contributed by atoms with Crippen molar-refractivity contribution in [3.8, 4) is 5.75 Å². The van der Waals surface area contributed by atoms with E-state index in [1.165, 1.54) is 16.3 Å². The highest BCUT2D eigenvalue weighted by Gasteiger charge is 2.63. The average molecular weight is 927 g/mol. The fourth-order valence-corrected chi connectivity index (χ4v) is 15.6. The van der Waals surface area contributed by atoms with E-state index < -0.39 is 53.5 Å². The largest absolute Gasteiger partial charge is 0.489 e. The molecule has 2 aliphatic rings. The average Bonchev–Trinajstić information content (AvgIpc) is 4.04. The maximum Gasteiger partial charge on any atom is 0.329 e. The molecular formula is C53H58N2O9SSi. The molecule has 0 radical (unpaired) electrons. The van der Waals surface area contributed by atoms with E-state index in [4.69, 9.17) is 23.5 Å². The summed E-state index contributed by atoms with van der Waals surface area (Å²) in [5, 5.41) is 16.2. The van der Waals surface area contributed by atoms with Gasteiger partial charge < -0.3 is 28.6 Å². The summed E-state index contributed by atoms with van der Waals surface area (Å²) in [5.41, 5.74) is 4.44. The fourth-order valence-electron chi connectivity index (χ4n) is 9.23. The predicted octanol–water partition coefficient (Wildman–Crippen LogP) is 8.03. The number of ether oxygens (including phenoxy) is 3. The van der Waals surface area contributed by atoms with Crippen molar-refractivity contribution in [3.63, 3.8) is 0 Å². The molecule has 2 aliphatic heterocycles. The van der Waals surface area contributed by atoms with Gasteiger partial charge in [-0.25, -0.2) is 13.5 Å². The lowest BCUT2D eigenvalue weighted by atomic mass is 9.87. The van der Waals surface area contributed by atoms with Gasteiger partial charge in [-0.05, 0) is 63.3 Å². The number of hydroxylamine groups is 1. The molecule has 1 N–H and O–H groups in total. The first kappa shape index (κ1) is 46.9. The second-order valence-corrected chi connectivity index (χ2v) is 24.2. The molecule has 66 heavy (non-hydrogen) atoms. The molecule has 13 heteroatoms. The van der Waals surface area contributed by atoms with Crippen LogP contribution in [-0.2, 0) is 53.4 Å². The first-order chi connectivity index (χ1) is 31.8. The topological polar surface area (TPSA) is 124 Å². The molecular weight excluding hydrogens is 869 g/mol. The minimum atomic E-state index is -4.14. The van der Waals surface area contributed by atoms with Gasteiger partial charge in [-0.15, -0.1) is 0 Å². The highest BCUT2D eigenvalue weighted by atomic mass is 32.2. The quantitative estimate of drug-likeness (QED) is 0.0417. The molecule has 344 valence electrons. The van der Waals surface area contributed by atoms with Crippen molar-refractivity contribution in [2.45, 2.75) is 88.5 Å². The molecule has 0 saturated carbocycles. The van der Waals surface area contributed by atoms with E-state index >= 15 is 0 Å². The summed E-state index contributed by atoms with van der Waals surface area (Å²) in [6.07, 6.45) is -1.29. The Bertz CT molecular complexity index is 2630. The van der Waals surface area contributed by atoms with Crippen molar-refractivity contribution < 1.29 is 41.8 Å². The van der Waals surface area contributed by atoms with Crippen LogP contribution in [0.3, 0.4) is 0 Å². The summed E-state index contributed by atoms with van der Waals surface area (Å²) in [6, 6.07) is 48.7. The molecule has 6 aromatic carbocycles. The number of aliphatic hydroxyl groups excluding tert-OH is 1. The van der Waals surface area contributed by atoms with E-state index in [0.29, 0.717) is 29.2 Å². The molecule has 1 fully saturated rings. The van der Waals surface area contributed by atoms with Crippen molar-refractivity contribution in [2.75, 3.05) is 25.0 Å². The van der Waals surface area contributed by atoms with Gasteiger partial charge in [0.1, 0.15) is 19.1 Å². The van der Waals surface area contributed by atoms with Gasteiger partial charge in [0.25, 0.3) is 8.32 Å². The van der Waals surface area contributed by atoms with Crippen LogP contribution in [0.15, 0.2) is 163 Å². The Labute approximate surface area is 389 Å². The van der Waals surface area contributed by atoms with Gasteiger partial charge >= 0.3 is 5.97 Å². The number of hydrogen-bond donors (Lipinski definition) is 1. The summed E-state index contributed by atoms with van der Waals surface area (Å²) in [4.78, 5) is 19.3. The minimum Gasteiger partial charge on any atom is -0.489 e. The second kappa shape index (κ2) is 20.1. The molecule has 6 aromatic rings. The van der Waals surface area contributed by atoms with Crippen molar-refractivity contribution in [1.82, 2.24) is 4.31 Å². The third kappa shape index (κ3) is 10.0. The van der Waals surface area contributed by atoms with Crippen molar-refractivity contribution in [1.29, 1.82) is 0 Å². The maximum absolute atomic E-state index is 14.6. The molecule has 0 amide bonds. The third-order valence-corrected chi connectivity index (χ3v) is 19.3. The molecule has 0 aromatic heterocycles. The summed E-state index contributed by atoms with van der Waals surface area (Å²) >= 11 is 0. The summed E-state index contributed by atoms with van der Waals surface area (Å²) in [7, 11) is -7.38. The van der Waals surface area contributed by atoms with Crippen molar-refractivity contribution >= 4 is 40.4 Å². The first-order valence-electron chi connectivity index (χ1n) is 22.3. The van der Waals surface area contributed by atoms with Crippen LogP contribution in [0.5, 0.6) is 5.75 Å². The minimum absolute atomic E-state index is 0.00307. The third-order valence-electron chi connectivity index (χ3n) is 12.4. The van der Waals surface area contributed by atoms with Crippen LogP contribution in [-0.4, -0.2) is 70.2 Å². The molecule has 1 unspecified atom stereocenters. The number of fused-ring (bicyclic) bond motifs is 2. The number of anilines is 1. The normalized spacial score (nSPS) is 19.5. The van der Waals surface area contributed by atoms with Gasteiger partial charge in [-0.1, -0.05) is 160 Å². The van der Waals surface area contributed by atoms with Gasteiger partial charge in [-0.3, -0.25) is 4.79 Å². The van der Waals surface area contributed by atoms with E-state index in [-0.39, 0.29) is 38.1 Å². The number of aliphatic hydroxyl groups is 1. The fraction of sp³-hybridized carbons (Fsp3) is 0.302. The zero-order chi connectivity index (χ0) is 46.5. The van der Waals surface area contributed by atoms with Crippen LogP contribution < -0.4 is 20.2 Å². The van der Waals surface area contributed by atoms with E-state index in [2.05, 4.69) is 45.0 Å². The summed E-state index contributed by atoms with van der Waals surface area (Å²) < 4.78 is 56.9. The number of carbonyl (C=O) groups excluding carboxylic acids is 1. The first-order valence-corrected chi connectivity index (χ1v) is 25.6. The Kier molecular flexibility index (Phi) is 14.3. The van der Waals surface area contributed by atoms with E-state index in [1.54, 1.807) is 24.3 Å². The van der Waals surface area contributed by atoms with E-state index in [1.807, 2.05) is 116 Å². The van der Waals surface area contributed by atoms with Crippen LogP contribution in [0, 0.1) is 6.92 Å². The predicted molar refractivity (Wildman–Crippen MR) is 257 cm³/mol. The number of benzene rings is 6. The lowest BCUT2D eigenvalue weighted by Gasteiger charge is -2.44. The van der Waals surface area contributed by atoms with Crippen LogP contribution in [0.1, 0.15) is 61.4 Å². The van der Waals surface area contributed by atoms with Gasteiger partial charge in [-0.2, -0.15) is 4.31 Å². The lowest BCUT2D eigenvalue weighted by molar-refractivity contribution is -0.142. The van der Waals surface area contributed by atoms with E-state index in [0.717, 1.165) is 27.1 Å². The Morgan fingerprint density at radius 2 is 1.26 bits per heavy atom. The zero-order valence-electron chi connectivity index (χ0n) is 38.1. The van der Waals surface area contributed by atoms with Crippen LogP contribution in [0.25, 0.3) is 0 Å². The standard InChI is InChI=1S/C53H58N2O9SSi/c1-38-26-28-43(29-27-38)65(58,59)55-48-32-54(64-39(2)56)47-30-42(34-61-37-60-33-40-18-10-6-11-19-40)31-49(62-35-41-20-12-7-13-21-41)50(47)46(52(57)51(48)55)36-63-66(53(3,4)5,44-22-14-8-15-23-44)45-24-16-9-17-25-45/h6-31,46,48,51-52,57H,32-37H2,1-5H3/t46-,48-,51-,52+,55?/m0/s1. The number of carbonyl (C=O) groups is 1. The zero-order valence-corrected chi connectivity index (χ0v) is 39.9. The Morgan fingerprint density at radius 1 is 0.727 bits per heavy atom. The Balaban J connectivity index is 1.27. The molecule has 5 atom stereocenters. The molecule has 0 spiro atoms. The van der Waals surface area contributed by atoms with Gasteiger partial charge in [0.15, 0.2) is 0 Å². The molecule has 0 bridgehead atoms. The SMILES string of the molecule is CC(=O)ON1C[C@H]2[C@@H]([C@H](O)[C@@H](CO[Si](c3ccccc3)(c3ccccc3)C(C)(C)C)c3c(OCc4ccccc4)cc(COCOCc4ccccc4)cc31)N2S(=O)(=O)c1ccc(C)cc1. The number of sulfonamides is 1. The monoisotopic (exact) mass is 926 g/mol. The van der Waals surface area contributed by atoms with Crippen LogP contribution >= 0.6 is 0 Å². The molecule has 2 heterocycles. The van der Waals surface area contributed by atoms with Gasteiger partial charge in [0, 0.05) is 25.0 Å². The number of aryl methyl sites for hydroxylation is 1. The van der Waals surface area contributed by atoms with Crippen LogP contribution in [0.4, 0.5) is 5.69 Å². The van der Waals surface area contributed by atoms with Crippen molar-refractivity contribution in [3.05, 3.63) is 186 Å². The van der Waals surface area contributed by atoms with Gasteiger partial charge in [0.05, 0.1) is 48.5 Å². The highest BCUT2D eigenvalue weighted by Crippen LogP contribution is 2.50. The van der Waals surface area contributed by atoms with Crippen molar-refractivity contribution in [2.24, 2.45) is 0 Å². The smallest absolute Gasteiger partial charge is 0.329 e. The Morgan fingerprint density at radius 3 is 1.80 bits per heavy atom. The maximum atomic E-state index is 14.6. The highest BCUT2D eigenvalue weighted by molar-refractivity contribution is 7.89. The number of rotatable bonds is 17. The van der Waals surface area contributed by atoms with Crippen LogP contribution in [0.2, 0.25) is 5.04 Å². The molecule has 8 rings (SSSR count). The Hall–Kier alpha value is -5.64. The lowest BCUT2D eigenvalue weighted by Crippen LogP contribution is -2.67. The second-order valence-electron chi connectivity index (χ2n) is 18.0. The van der Waals surface area contributed by atoms with Gasteiger partial charge in [0.2, 0.25) is 10.0 Å². The summed E-state index contributed by atoms with van der Waals surface area (Å²) in [6.45, 7) is 10.3. The molecule has 11 nitrogen and oxygen atoms in total. The summed E-state index contributed by atoms with van der Waals surface area (Å²) in [5.74, 6) is -1.10. The molecule has 1 saturated heterocycles. The number of hydrogen-bond acceptors (Lipinski definition) is 10. The molecule has 0 aliphatic carbocycles. The van der Waals surface area contributed by atoms with E-state index in [9.17, 15) is 18.3 Å².